The second-order valence-electron chi connectivity index (χ2n) is 4.04. The Balaban J connectivity index is 2.09. The Hall–Kier alpha value is -1.34. The lowest BCUT2D eigenvalue weighted by atomic mass is 9.95. The van der Waals surface area contributed by atoms with Gasteiger partial charge < -0.3 is 0 Å². The molecular weight excluding hydrogens is 220 g/mol. The zero-order valence-corrected chi connectivity index (χ0v) is 9.87. The smallest absolute Gasteiger partial charge is 0.163 e. The molecular formula is C14H13ClO. The van der Waals surface area contributed by atoms with Crippen molar-refractivity contribution < 1.29 is 4.79 Å². The average molecular weight is 233 g/mol. The van der Waals surface area contributed by atoms with Crippen molar-refractivity contribution in [1.82, 2.24) is 0 Å². The Kier molecular flexibility index (Phi) is 3.25. The summed E-state index contributed by atoms with van der Waals surface area (Å²) in [5.74, 6) is 0.401. The molecule has 0 radical (unpaired) electrons. The van der Waals surface area contributed by atoms with Crippen LogP contribution in [0.1, 0.15) is 23.7 Å². The van der Waals surface area contributed by atoms with Crippen LogP contribution in [0.15, 0.2) is 48.1 Å². The van der Waals surface area contributed by atoms with E-state index in [0.29, 0.717) is 17.0 Å². The maximum absolute atomic E-state index is 12.0. The summed E-state index contributed by atoms with van der Waals surface area (Å²) >= 11 is 5.86. The lowest BCUT2D eigenvalue weighted by Gasteiger charge is -2.09. The van der Waals surface area contributed by atoms with Gasteiger partial charge in [-0.2, -0.15) is 0 Å². The number of carbonyl (C=O) groups excluding carboxylic acids is 1. The molecule has 0 aromatic heterocycles. The van der Waals surface area contributed by atoms with Crippen molar-refractivity contribution in [3.63, 3.8) is 0 Å². The molecule has 0 amide bonds. The molecule has 0 N–H and O–H groups in total. The van der Waals surface area contributed by atoms with Gasteiger partial charge in [-0.05, 0) is 19.1 Å². The van der Waals surface area contributed by atoms with Gasteiger partial charge in [0.25, 0.3) is 0 Å². The molecule has 0 saturated carbocycles. The first kappa shape index (κ1) is 11.2. The van der Waals surface area contributed by atoms with Crippen molar-refractivity contribution >= 4 is 17.4 Å². The zero-order valence-electron chi connectivity index (χ0n) is 9.11. The minimum atomic E-state index is 0.145. The molecule has 16 heavy (non-hydrogen) atoms. The standard InChI is InChI=1S/C14H13ClO/c1-10-4-2-5-11(10)9-14(16)12-6-3-7-13(15)8-12/h2-8,11H,9H2,1H3. The van der Waals surface area contributed by atoms with Crippen LogP contribution in [0.2, 0.25) is 5.02 Å². The number of hydrogen-bond acceptors (Lipinski definition) is 1. The number of halogens is 1. The molecule has 0 bridgehead atoms. The van der Waals surface area contributed by atoms with E-state index in [2.05, 4.69) is 19.1 Å². The molecule has 0 heterocycles. The van der Waals surface area contributed by atoms with E-state index in [1.54, 1.807) is 12.1 Å². The molecule has 1 atom stereocenters. The summed E-state index contributed by atoms with van der Waals surface area (Å²) in [6.45, 7) is 2.05. The van der Waals surface area contributed by atoms with E-state index in [1.807, 2.05) is 18.2 Å². The third-order valence-electron chi connectivity index (χ3n) is 2.84. The molecule has 2 heteroatoms. The average Bonchev–Trinajstić information content (AvgIpc) is 2.64. The Labute approximate surface area is 100 Å². The third kappa shape index (κ3) is 2.42. The third-order valence-corrected chi connectivity index (χ3v) is 3.07. The number of ketones is 1. The van der Waals surface area contributed by atoms with Crippen LogP contribution in [0, 0.1) is 5.92 Å². The highest BCUT2D eigenvalue weighted by Gasteiger charge is 2.16. The summed E-state index contributed by atoms with van der Waals surface area (Å²) in [5.41, 5.74) is 1.94. The van der Waals surface area contributed by atoms with E-state index in [4.69, 9.17) is 11.6 Å². The predicted molar refractivity (Wildman–Crippen MR) is 66.8 cm³/mol. The van der Waals surface area contributed by atoms with Crippen LogP contribution in [0.4, 0.5) is 0 Å². The van der Waals surface area contributed by atoms with Gasteiger partial charge in [0, 0.05) is 22.9 Å². The minimum Gasteiger partial charge on any atom is -0.294 e. The number of benzene rings is 1. The first-order chi connectivity index (χ1) is 7.66. The Morgan fingerprint density at radius 2 is 2.25 bits per heavy atom. The highest BCUT2D eigenvalue weighted by Crippen LogP contribution is 2.24. The normalized spacial score (nSPS) is 18.6. The molecule has 0 aliphatic heterocycles. The summed E-state index contributed by atoms with van der Waals surface area (Å²) < 4.78 is 0. The predicted octanol–water partition coefficient (Wildman–Crippen LogP) is 4.05. The molecule has 0 spiro atoms. The number of Topliss-reactive ketones (excluding diaryl/α,β-unsaturated/α-hetero) is 1. The van der Waals surface area contributed by atoms with E-state index in [9.17, 15) is 4.79 Å². The molecule has 0 saturated heterocycles. The fraction of sp³-hybridized carbons (Fsp3) is 0.214. The van der Waals surface area contributed by atoms with Crippen LogP contribution in [0.5, 0.6) is 0 Å². The SMILES string of the molecule is CC1=CC=CC1CC(=O)c1cccc(Cl)c1. The van der Waals surface area contributed by atoms with Gasteiger partial charge in [-0.25, -0.2) is 0 Å². The van der Waals surface area contributed by atoms with Crippen molar-refractivity contribution in [2.24, 2.45) is 5.92 Å². The monoisotopic (exact) mass is 232 g/mol. The van der Waals surface area contributed by atoms with E-state index >= 15 is 0 Å². The van der Waals surface area contributed by atoms with Gasteiger partial charge in [0.15, 0.2) is 5.78 Å². The first-order valence-corrected chi connectivity index (χ1v) is 5.68. The van der Waals surface area contributed by atoms with Crippen LogP contribution in [0.25, 0.3) is 0 Å². The van der Waals surface area contributed by atoms with Crippen molar-refractivity contribution in [3.05, 3.63) is 58.7 Å². The minimum absolute atomic E-state index is 0.145. The van der Waals surface area contributed by atoms with Crippen molar-refractivity contribution in [1.29, 1.82) is 0 Å². The maximum atomic E-state index is 12.0. The van der Waals surface area contributed by atoms with E-state index in [-0.39, 0.29) is 11.7 Å². The molecule has 1 nitrogen and oxygen atoms in total. The molecule has 2 rings (SSSR count). The Bertz CT molecular complexity index is 471. The van der Waals surface area contributed by atoms with Gasteiger partial charge in [0.1, 0.15) is 0 Å². The number of rotatable bonds is 3. The highest BCUT2D eigenvalue weighted by atomic mass is 35.5. The van der Waals surface area contributed by atoms with Crippen molar-refractivity contribution in [2.45, 2.75) is 13.3 Å². The highest BCUT2D eigenvalue weighted by molar-refractivity contribution is 6.31. The van der Waals surface area contributed by atoms with Gasteiger partial charge in [-0.15, -0.1) is 0 Å². The molecule has 1 aliphatic carbocycles. The van der Waals surface area contributed by atoms with E-state index in [1.165, 1.54) is 5.57 Å². The largest absolute Gasteiger partial charge is 0.294 e. The second-order valence-corrected chi connectivity index (χ2v) is 4.48. The first-order valence-electron chi connectivity index (χ1n) is 5.30. The van der Waals surface area contributed by atoms with Gasteiger partial charge in [0.2, 0.25) is 0 Å². The summed E-state index contributed by atoms with van der Waals surface area (Å²) in [4.78, 5) is 12.0. The molecule has 1 aliphatic rings. The topological polar surface area (TPSA) is 17.1 Å². The van der Waals surface area contributed by atoms with Crippen LogP contribution in [-0.4, -0.2) is 5.78 Å². The molecule has 1 aromatic rings. The van der Waals surface area contributed by atoms with Crippen LogP contribution >= 0.6 is 11.6 Å². The summed E-state index contributed by atoms with van der Waals surface area (Å²) in [7, 11) is 0. The Morgan fingerprint density at radius 1 is 1.44 bits per heavy atom. The van der Waals surface area contributed by atoms with Gasteiger partial charge in [-0.3, -0.25) is 4.79 Å². The second kappa shape index (κ2) is 4.67. The van der Waals surface area contributed by atoms with Gasteiger partial charge >= 0.3 is 0 Å². The van der Waals surface area contributed by atoms with E-state index in [0.717, 1.165) is 0 Å². The van der Waals surface area contributed by atoms with Crippen molar-refractivity contribution in [2.75, 3.05) is 0 Å². The van der Waals surface area contributed by atoms with Crippen LogP contribution in [0.3, 0.4) is 0 Å². The number of carbonyl (C=O) groups is 1. The molecule has 1 unspecified atom stereocenters. The molecule has 82 valence electrons. The van der Waals surface area contributed by atoms with E-state index < -0.39 is 0 Å². The van der Waals surface area contributed by atoms with Crippen LogP contribution in [-0.2, 0) is 0 Å². The van der Waals surface area contributed by atoms with Gasteiger partial charge in [-0.1, -0.05) is 47.5 Å². The van der Waals surface area contributed by atoms with Gasteiger partial charge in [0.05, 0.1) is 0 Å². The quantitative estimate of drug-likeness (QED) is 0.719. The Morgan fingerprint density at radius 3 is 2.88 bits per heavy atom. The maximum Gasteiger partial charge on any atom is 0.163 e. The summed E-state index contributed by atoms with van der Waals surface area (Å²) in [5, 5.41) is 0.611. The molecule has 0 fully saturated rings. The van der Waals surface area contributed by atoms with Crippen molar-refractivity contribution in [3.8, 4) is 0 Å². The number of hydrogen-bond donors (Lipinski definition) is 0. The summed E-state index contributed by atoms with van der Waals surface area (Å²) in [6.07, 6.45) is 6.65. The summed E-state index contributed by atoms with van der Waals surface area (Å²) in [6, 6.07) is 7.12. The fourth-order valence-electron chi connectivity index (χ4n) is 1.83. The lowest BCUT2D eigenvalue weighted by Crippen LogP contribution is -2.06. The van der Waals surface area contributed by atoms with Crippen LogP contribution < -0.4 is 0 Å². The molecule has 1 aromatic carbocycles. The fourth-order valence-corrected chi connectivity index (χ4v) is 2.02. The number of allylic oxidation sites excluding steroid dienone is 4. The lowest BCUT2D eigenvalue weighted by molar-refractivity contribution is 0.0974. The zero-order chi connectivity index (χ0) is 11.5.